The lowest BCUT2D eigenvalue weighted by molar-refractivity contribution is 0.0242. The fourth-order valence-electron chi connectivity index (χ4n) is 2.59. The Labute approximate surface area is 144 Å². The number of nitrogens with zero attached hydrogens (tertiary/aromatic N) is 2. The topological polar surface area (TPSA) is 54.0 Å². The van der Waals surface area contributed by atoms with Gasteiger partial charge >= 0.3 is 6.09 Å². The molecular weight excluding hydrogens is 306 g/mol. The predicted octanol–water partition coefficient (Wildman–Crippen LogP) is 2.92. The molecule has 1 N–H and O–H groups in total. The van der Waals surface area contributed by atoms with Crippen LogP contribution in [0.3, 0.4) is 0 Å². The molecule has 0 unspecified atom stereocenters. The molecule has 0 saturated carbocycles. The van der Waals surface area contributed by atoms with Crippen LogP contribution in [0.5, 0.6) is 5.75 Å². The maximum Gasteiger partial charge on any atom is 0.410 e. The highest BCUT2D eigenvalue weighted by Gasteiger charge is 2.29. The standard InChI is InChI=1S/C18H29N3O3/c1-18(2,3)24-17(22)21-11-13-9-14(23-8-7-20(5)6)10-16(19-4)15(13)12-21/h9-10,19H,7-8,11-12H2,1-6H3. The second-order valence-electron chi connectivity index (χ2n) is 7.35. The van der Waals surface area contributed by atoms with Gasteiger partial charge in [0.2, 0.25) is 0 Å². The number of nitrogens with one attached hydrogen (secondary N) is 1. The van der Waals surface area contributed by atoms with Crippen LogP contribution in [-0.2, 0) is 17.8 Å². The summed E-state index contributed by atoms with van der Waals surface area (Å²) in [7, 11) is 5.92. The summed E-state index contributed by atoms with van der Waals surface area (Å²) in [5, 5.41) is 3.21. The van der Waals surface area contributed by atoms with Crippen molar-refractivity contribution in [2.75, 3.05) is 39.6 Å². The molecule has 134 valence electrons. The van der Waals surface area contributed by atoms with E-state index in [1.807, 2.05) is 54.0 Å². The highest BCUT2D eigenvalue weighted by Crippen LogP contribution is 2.34. The molecule has 1 aliphatic rings. The molecule has 1 amide bonds. The number of likely N-dealkylation sites (N-methyl/N-ethyl adjacent to an activating group) is 1. The minimum atomic E-state index is -0.488. The van der Waals surface area contributed by atoms with Gasteiger partial charge in [-0.3, -0.25) is 4.90 Å². The molecule has 0 aromatic heterocycles. The summed E-state index contributed by atoms with van der Waals surface area (Å²) >= 11 is 0. The summed E-state index contributed by atoms with van der Waals surface area (Å²) in [6.07, 6.45) is -0.282. The molecule has 1 heterocycles. The second-order valence-corrected chi connectivity index (χ2v) is 7.35. The first-order chi connectivity index (χ1) is 11.2. The summed E-state index contributed by atoms with van der Waals surface area (Å²) in [5.74, 6) is 0.825. The lowest BCUT2D eigenvalue weighted by Gasteiger charge is -2.24. The van der Waals surface area contributed by atoms with Crippen molar-refractivity contribution >= 4 is 11.8 Å². The lowest BCUT2D eigenvalue weighted by Crippen LogP contribution is -2.33. The molecule has 24 heavy (non-hydrogen) atoms. The minimum absolute atomic E-state index is 0.282. The van der Waals surface area contributed by atoms with E-state index in [1.165, 1.54) is 0 Å². The van der Waals surface area contributed by atoms with Crippen molar-refractivity contribution in [3.8, 4) is 5.75 Å². The Morgan fingerprint density at radius 2 is 2.00 bits per heavy atom. The second kappa shape index (κ2) is 7.30. The highest BCUT2D eigenvalue weighted by atomic mass is 16.6. The van der Waals surface area contributed by atoms with Gasteiger partial charge in [0.1, 0.15) is 18.0 Å². The van der Waals surface area contributed by atoms with Crippen LogP contribution in [0.15, 0.2) is 12.1 Å². The van der Waals surface area contributed by atoms with Crippen molar-refractivity contribution in [1.29, 1.82) is 0 Å². The quantitative estimate of drug-likeness (QED) is 0.897. The average Bonchev–Trinajstić information content (AvgIpc) is 2.88. The molecule has 1 aromatic rings. The van der Waals surface area contributed by atoms with Gasteiger partial charge in [0, 0.05) is 37.5 Å². The van der Waals surface area contributed by atoms with Gasteiger partial charge in [-0.05, 0) is 46.5 Å². The first-order valence-electron chi connectivity index (χ1n) is 8.28. The number of fused-ring (bicyclic) bond motifs is 1. The van der Waals surface area contributed by atoms with Crippen molar-refractivity contribution in [3.63, 3.8) is 0 Å². The van der Waals surface area contributed by atoms with Crippen molar-refractivity contribution in [1.82, 2.24) is 9.80 Å². The van der Waals surface area contributed by atoms with E-state index in [9.17, 15) is 4.79 Å². The Balaban J connectivity index is 2.10. The summed E-state index contributed by atoms with van der Waals surface area (Å²) in [5.41, 5.74) is 2.74. The van der Waals surface area contributed by atoms with Crippen LogP contribution in [0, 0.1) is 0 Å². The molecule has 0 aliphatic carbocycles. The maximum atomic E-state index is 12.3. The average molecular weight is 335 g/mol. The molecule has 0 fully saturated rings. The Hall–Kier alpha value is -1.95. The zero-order chi connectivity index (χ0) is 17.9. The monoisotopic (exact) mass is 335 g/mol. The molecule has 0 atom stereocenters. The third-order valence-corrected chi connectivity index (χ3v) is 3.75. The molecular formula is C18H29N3O3. The number of ether oxygens (including phenoxy) is 2. The molecule has 0 radical (unpaired) electrons. The van der Waals surface area contributed by atoms with Crippen LogP contribution in [0.1, 0.15) is 31.9 Å². The zero-order valence-corrected chi connectivity index (χ0v) is 15.6. The Morgan fingerprint density at radius 3 is 2.58 bits per heavy atom. The Morgan fingerprint density at radius 1 is 1.29 bits per heavy atom. The summed E-state index contributed by atoms with van der Waals surface area (Å²) < 4.78 is 11.3. The van der Waals surface area contributed by atoms with Crippen LogP contribution < -0.4 is 10.1 Å². The van der Waals surface area contributed by atoms with Crippen LogP contribution in [0.4, 0.5) is 10.5 Å². The van der Waals surface area contributed by atoms with Crippen LogP contribution in [-0.4, -0.2) is 55.8 Å². The first-order valence-corrected chi connectivity index (χ1v) is 8.28. The number of hydrogen-bond donors (Lipinski definition) is 1. The summed E-state index contributed by atoms with van der Waals surface area (Å²) in [4.78, 5) is 16.1. The molecule has 1 aromatic carbocycles. The van der Waals surface area contributed by atoms with Crippen molar-refractivity contribution in [2.45, 2.75) is 39.5 Å². The largest absolute Gasteiger partial charge is 0.492 e. The number of rotatable bonds is 5. The zero-order valence-electron chi connectivity index (χ0n) is 15.6. The number of anilines is 1. The summed E-state index contributed by atoms with van der Waals surface area (Å²) in [6, 6.07) is 4.02. The number of amides is 1. The smallest absolute Gasteiger partial charge is 0.410 e. The van der Waals surface area contributed by atoms with E-state index in [-0.39, 0.29) is 6.09 Å². The van der Waals surface area contributed by atoms with Crippen molar-refractivity contribution in [3.05, 3.63) is 23.3 Å². The molecule has 0 bridgehead atoms. The van der Waals surface area contributed by atoms with E-state index in [0.717, 1.165) is 29.1 Å². The van der Waals surface area contributed by atoms with E-state index in [1.54, 1.807) is 4.90 Å². The number of hydrogen-bond acceptors (Lipinski definition) is 5. The molecule has 0 spiro atoms. The first kappa shape index (κ1) is 18.4. The van der Waals surface area contributed by atoms with Crippen LogP contribution >= 0.6 is 0 Å². The van der Waals surface area contributed by atoms with Gasteiger partial charge < -0.3 is 19.7 Å². The van der Waals surface area contributed by atoms with Gasteiger partial charge in [-0.25, -0.2) is 4.79 Å². The molecule has 6 nitrogen and oxygen atoms in total. The Bertz CT molecular complexity index is 594. The summed E-state index contributed by atoms with van der Waals surface area (Å²) in [6.45, 7) is 8.22. The van der Waals surface area contributed by atoms with E-state index in [0.29, 0.717) is 19.7 Å². The van der Waals surface area contributed by atoms with Crippen molar-refractivity contribution < 1.29 is 14.3 Å². The normalized spacial score (nSPS) is 13.9. The fraction of sp³-hybridized carbons (Fsp3) is 0.611. The van der Waals surface area contributed by atoms with Gasteiger partial charge in [0.25, 0.3) is 0 Å². The molecule has 0 saturated heterocycles. The van der Waals surface area contributed by atoms with E-state index < -0.39 is 5.60 Å². The lowest BCUT2D eigenvalue weighted by atomic mass is 10.1. The highest BCUT2D eigenvalue weighted by molar-refractivity contribution is 5.71. The van der Waals surface area contributed by atoms with E-state index in [2.05, 4.69) is 10.2 Å². The predicted molar refractivity (Wildman–Crippen MR) is 95.5 cm³/mol. The molecule has 1 aliphatic heterocycles. The van der Waals surface area contributed by atoms with E-state index in [4.69, 9.17) is 9.47 Å². The van der Waals surface area contributed by atoms with E-state index >= 15 is 0 Å². The minimum Gasteiger partial charge on any atom is -0.492 e. The number of carbonyl (C=O) groups is 1. The van der Waals surface area contributed by atoms with Crippen LogP contribution in [0.25, 0.3) is 0 Å². The van der Waals surface area contributed by atoms with Gasteiger partial charge in [-0.1, -0.05) is 0 Å². The van der Waals surface area contributed by atoms with Gasteiger partial charge in [0.15, 0.2) is 0 Å². The maximum absolute atomic E-state index is 12.3. The number of benzene rings is 1. The van der Waals surface area contributed by atoms with Crippen molar-refractivity contribution in [2.24, 2.45) is 0 Å². The van der Waals surface area contributed by atoms with Gasteiger partial charge in [-0.2, -0.15) is 0 Å². The molecule has 2 rings (SSSR count). The number of carbonyl (C=O) groups excluding carboxylic acids is 1. The third-order valence-electron chi connectivity index (χ3n) is 3.75. The third kappa shape index (κ3) is 4.77. The molecule has 6 heteroatoms. The SMILES string of the molecule is CNc1cc(OCCN(C)C)cc2c1CN(C(=O)OC(C)(C)C)C2. The van der Waals surface area contributed by atoms with Gasteiger partial charge in [-0.15, -0.1) is 0 Å². The van der Waals surface area contributed by atoms with Crippen LogP contribution in [0.2, 0.25) is 0 Å². The fourth-order valence-corrected chi connectivity index (χ4v) is 2.59. The Kier molecular flexibility index (Phi) is 5.59. The van der Waals surface area contributed by atoms with Gasteiger partial charge in [0.05, 0.1) is 6.54 Å².